The molecular weight excluding hydrogens is 637 g/mol. The van der Waals surface area contributed by atoms with Crippen molar-refractivity contribution in [1.29, 1.82) is 0 Å². The molecule has 0 unspecified atom stereocenters. The minimum absolute atomic E-state index is 0.875. The fraction of sp³-hybridized carbons (Fsp3) is 0.125. The van der Waals surface area contributed by atoms with Crippen LogP contribution in [0.25, 0.3) is 83.7 Å². The molecule has 8 aromatic rings. The zero-order valence-corrected chi connectivity index (χ0v) is 29.1. The second kappa shape index (κ2) is 10.2. The molecule has 0 saturated heterocycles. The Bertz CT molecular complexity index is 2980. The monoisotopic (exact) mass is 670 g/mol. The third-order valence-electron chi connectivity index (χ3n) is 12.2. The van der Waals surface area contributed by atoms with Gasteiger partial charge in [0.15, 0.2) is 0 Å². The first-order valence-electron chi connectivity index (χ1n) is 18.4. The van der Waals surface area contributed by atoms with Gasteiger partial charge in [-0.1, -0.05) is 66.7 Å². The van der Waals surface area contributed by atoms with Crippen LogP contribution in [0.1, 0.15) is 40.9 Å². The van der Waals surface area contributed by atoms with Gasteiger partial charge in [-0.15, -0.1) is 0 Å². The number of benzene rings is 6. The minimum Gasteiger partial charge on any atom is -0.456 e. The molecule has 0 N–H and O–H groups in total. The Hall–Kier alpha value is -6.26. The Labute approximate surface area is 301 Å². The van der Waals surface area contributed by atoms with E-state index >= 15 is 0 Å². The van der Waals surface area contributed by atoms with Crippen molar-refractivity contribution in [3.05, 3.63) is 137 Å². The number of ether oxygens (including phenoxy) is 2. The molecule has 2 aromatic heterocycles. The molecule has 4 heteroatoms. The topological polar surface area (TPSA) is 28.3 Å². The number of aromatic nitrogens is 2. The molecule has 0 atom stereocenters. The Morgan fingerprint density at radius 2 is 1.12 bits per heavy atom. The quantitative estimate of drug-likeness (QED) is 0.183. The third kappa shape index (κ3) is 3.76. The number of aryl methyl sites for hydroxylation is 2. The van der Waals surface area contributed by atoms with Gasteiger partial charge in [-0.25, -0.2) is 0 Å². The van der Waals surface area contributed by atoms with Gasteiger partial charge in [-0.2, -0.15) is 0 Å². The summed E-state index contributed by atoms with van der Waals surface area (Å²) in [6, 6.07) is 37.7. The van der Waals surface area contributed by atoms with Crippen molar-refractivity contribution in [2.75, 3.05) is 0 Å². The van der Waals surface area contributed by atoms with E-state index in [2.05, 4.69) is 145 Å². The largest absolute Gasteiger partial charge is 0.456 e. The van der Waals surface area contributed by atoms with Crippen molar-refractivity contribution < 1.29 is 9.47 Å². The number of fused-ring (bicyclic) bond motifs is 10. The highest BCUT2D eigenvalue weighted by Gasteiger charge is 2.29. The Morgan fingerprint density at radius 3 is 1.88 bits per heavy atom. The van der Waals surface area contributed by atoms with Crippen LogP contribution in [-0.4, -0.2) is 9.13 Å². The highest BCUT2D eigenvalue weighted by Crippen LogP contribution is 2.56. The van der Waals surface area contributed by atoms with Crippen molar-refractivity contribution in [3.63, 3.8) is 0 Å². The predicted molar refractivity (Wildman–Crippen MR) is 213 cm³/mol. The van der Waals surface area contributed by atoms with E-state index in [9.17, 15) is 0 Å². The molecule has 2 aliphatic heterocycles. The number of rotatable bonds is 2. The van der Waals surface area contributed by atoms with Crippen LogP contribution in [0, 0.1) is 0 Å². The maximum atomic E-state index is 6.75. The number of hydrogen-bond donors (Lipinski definition) is 0. The van der Waals surface area contributed by atoms with Gasteiger partial charge < -0.3 is 18.6 Å². The molecule has 12 rings (SSSR count). The van der Waals surface area contributed by atoms with E-state index in [0.717, 1.165) is 76.1 Å². The summed E-state index contributed by atoms with van der Waals surface area (Å²) < 4.78 is 18.2. The SMILES string of the molecule is Cn1c2c(c3cc(-c4ccc5c(c4)Oc4ccc6c7c(ccc-5c47)-c4ccc(C5=Cc7c(n(C)c8ccccc78)CC5)cc4O6)ccc31)C=CCC2. The first-order chi connectivity index (χ1) is 25.6. The van der Waals surface area contributed by atoms with E-state index < -0.39 is 0 Å². The third-order valence-corrected chi connectivity index (χ3v) is 12.2. The van der Waals surface area contributed by atoms with Crippen molar-refractivity contribution in [2.24, 2.45) is 14.1 Å². The second-order valence-corrected chi connectivity index (χ2v) is 14.8. The molecular formula is C48H34N2O2. The van der Waals surface area contributed by atoms with E-state index in [1.165, 1.54) is 72.1 Å². The van der Waals surface area contributed by atoms with E-state index in [1.54, 1.807) is 0 Å². The lowest BCUT2D eigenvalue weighted by Crippen LogP contribution is -2.04. The van der Waals surface area contributed by atoms with Gasteiger partial charge >= 0.3 is 0 Å². The molecule has 0 saturated carbocycles. The second-order valence-electron chi connectivity index (χ2n) is 14.8. The minimum atomic E-state index is 0.875. The molecule has 0 radical (unpaired) electrons. The Balaban J connectivity index is 0.930. The van der Waals surface area contributed by atoms with Crippen molar-refractivity contribution in [2.45, 2.75) is 25.7 Å². The fourth-order valence-electron chi connectivity index (χ4n) is 9.61. The lowest BCUT2D eigenvalue weighted by atomic mass is 9.86. The Kier molecular flexibility index (Phi) is 5.56. The van der Waals surface area contributed by atoms with E-state index in [1.807, 2.05) is 0 Å². The normalized spacial score (nSPS) is 14.8. The van der Waals surface area contributed by atoms with Gasteiger partial charge in [0.05, 0.1) is 0 Å². The molecule has 4 heterocycles. The van der Waals surface area contributed by atoms with Gasteiger partial charge in [0, 0.05) is 80.3 Å². The van der Waals surface area contributed by atoms with Crippen molar-refractivity contribution in [3.8, 4) is 56.4 Å². The summed E-state index contributed by atoms with van der Waals surface area (Å²) >= 11 is 0. The first kappa shape index (κ1) is 28.4. The number of nitrogens with zero attached hydrogens (tertiary/aromatic N) is 2. The van der Waals surface area contributed by atoms with Crippen LogP contribution in [0.15, 0.2) is 109 Å². The molecule has 6 aromatic carbocycles. The maximum absolute atomic E-state index is 6.75. The van der Waals surface area contributed by atoms with E-state index in [4.69, 9.17) is 9.47 Å². The van der Waals surface area contributed by atoms with Crippen LogP contribution in [-0.2, 0) is 26.9 Å². The first-order valence-corrected chi connectivity index (χ1v) is 18.4. The average molecular weight is 671 g/mol. The molecule has 0 amide bonds. The fourth-order valence-corrected chi connectivity index (χ4v) is 9.61. The van der Waals surface area contributed by atoms with Gasteiger partial charge in [0.25, 0.3) is 0 Å². The summed E-state index contributed by atoms with van der Waals surface area (Å²) in [5.74, 6) is 3.55. The van der Waals surface area contributed by atoms with Crippen molar-refractivity contribution >= 4 is 50.3 Å². The summed E-state index contributed by atoms with van der Waals surface area (Å²) in [5.41, 5.74) is 17.7. The molecule has 4 nitrogen and oxygen atoms in total. The summed E-state index contributed by atoms with van der Waals surface area (Å²) in [5, 5.41) is 4.88. The van der Waals surface area contributed by atoms with Crippen LogP contribution in [0.5, 0.6) is 23.0 Å². The van der Waals surface area contributed by atoms with Crippen LogP contribution in [0.3, 0.4) is 0 Å². The maximum Gasteiger partial charge on any atom is 0.136 e. The van der Waals surface area contributed by atoms with Crippen LogP contribution in [0.2, 0.25) is 0 Å². The lowest BCUT2D eigenvalue weighted by Gasteiger charge is -2.28. The molecule has 0 bridgehead atoms. The van der Waals surface area contributed by atoms with Gasteiger partial charge in [-0.3, -0.25) is 0 Å². The standard InChI is InChI=1S/C48H34N2O2/c1-49-39-9-5-3-7-31(39)37-23-27(13-19-41(37)49)29-11-15-33-35-17-18-36-34-16-12-30(28-14-20-42-38(24-28)32-8-4-6-10-40(32)50(42)2)26-46(34)52-44-22-21-43(47(35)48(36)44)51-45(33)25-29/h3-5,7-9,11-12,14-18,20-26H,6,10,13,19H2,1-2H3. The van der Waals surface area contributed by atoms with Gasteiger partial charge in [0.2, 0.25) is 0 Å². The molecule has 2 aliphatic carbocycles. The van der Waals surface area contributed by atoms with Crippen LogP contribution < -0.4 is 9.47 Å². The van der Waals surface area contributed by atoms with E-state index in [-0.39, 0.29) is 0 Å². The van der Waals surface area contributed by atoms with Crippen molar-refractivity contribution in [1.82, 2.24) is 9.13 Å². The highest BCUT2D eigenvalue weighted by molar-refractivity contribution is 6.14. The number of para-hydroxylation sites is 1. The smallest absolute Gasteiger partial charge is 0.136 e. The van der Waals surface area contributed by atoms with E-state index in [0.29, 0.717) is 0 Å². The predicted octanol–water partition coefficient (Wildman–Crippen LogP) is 12.5. The molecule has 52 heavy (non-hydrogen) atoms. The molecule has 0 fully saturated rings. The molecule has 4 aliphatic rings. The summed E-state index contributed by atoms with van der Waals surface area (Å²) in [6.07, 6.45) is 11.2. The Morgan fingerprint density at radius 1 is 0.500 bits per heavy atom. The zero-order chi connectivity index (χ0) is 34.2. The molecule has 248 valence electrons. The number of hydrogen-bond acceptors (Lipinski definition) is 2. The highest BCUT2D eigenvalue weighted by atomic mass is 16.5. The van der Waals surface area contributed by atoms with Crippen LogP contribution >= 0.6 is 0 Å². The van der Waals surface area contributed by atoms with Gasteiger partial charge in [0.1, 0.15) is 23.0 Å². The molecule has 0 spiro atoms. The number of allylic oxidation sites excluding steroid dienone is 2. The van der Waals surface area contributed by atoms with Crippen LogP contribution in [0.4, 0.5) is 0 Å². The van der Waals surface area contributed by atoms with Gasteiger partial charge in [-0.05, 0) is 114 Å². The zero-order valence-electron chi connectivity index (χ0n) is 29.1. The average Bonchev–Trinajstić information content (AvgIpc) is 3.65. The lowest BCUT2D eigenvalue weighted by molar-refractivity contribution is 0.475. The summed E-state index contributed by atoms with van der Waals surface area (Å²) in [6.45, 7) is 0. The summed E-state index contributed by atoms with van der Waals surface area (Å²) in [4.78, 5) is 0. The summed E-state index contributed by atoms with van der Waals surface area (Å²) in [7, 11) is 4.38.